The second-order valence-electron chi connectivity index (χ2n) is 10.7. The van der Waals surface area contributed by atoms with E-state index >= 15 is 0 Å². The van der Waals surface area contributed by atoms with Gasteiger partial charge >= 0.3 is 5.97 Å². The van der Waals surface area contributed by atoms with Gasteiger partial charge in [-0.25, -0.2) is 4.79 Å². The van der Waals surface area contributed by atoms with Crippen molar-refractivity contribution >= 4 is 17.3 Å². The van der Waals surface area contributed by atoms with E-state index in [9.17, 15) is 4.79 Å². The molecule has 1 aliphatic carbocycles. The number of rotatable bonds is 6. The van der Waals surface area contributed by atoms with Gasteiger partial charge in [0, 0.05) is 47.6 Å². The van der Waals surface area contributed by atoms with Gasteiger partial charge in [0.15, 0.2) is 13.5 Å². The minimum atomic E-state index is -0.345. The Kier molecular flexibility index (Phi) is 7.10. The van der Waals surface area contributed by atoms with Crippen LogP contribution in [0.25, 0.3) is 0 Å². The van der Waals surface area contributed by atoms with Crippen LogP contribution in [0.3, 0.4) is 0 Å². The van der Waals surface area contributed by atoms with E-state index in [1.807, 2.05) is 67.1 Å². The summed E-state index contributed by atoms with van der Waals surface area (Å²) in [7, 11) is 0. The molecule has 42 heavy (non-hydrogen) atoms. The Morgan fingerprint density at radius 2 is 1.36 bits per heavy atom. The number of anilines is 2. The van der Waals surface area contributed by atoms with E-state index in [-0.39, 0.29) is 5.97 Å². The molecule has 4 aromatic carbocycles. The largest absolute Gasteiger partial charge is 0.473 e. The van der Waals surface area contributed by atoms with Gasteiger partial charge in [-0.3, -0.25) is 0 Å². The summed E-state index contributed by atoms with van der Waals surface area (Å²) in [6.45, 7) is 2.45. The first-order chi connectivity index (χ1) is 20.7. The highest BCUT2D eigenvalue weighted by Gasteiger charge is 2.23. The van der Waals surface area contributed by atoms with Crippen LogP contribution >= 0.6 is 0 Å². The second-order valence-corrected chi connectivity index (χ2v) is 10.7. The summed E-state index contributed by atoms with van der Waals surface area (Å²) in [5, 5.41) is 0. The normalized spacial score (nSPS) is 15.8. The molecule has 0 amide bonds. The molecule has 2 aliphatic heterocycles. The Hall–Kier alpha value is -4.97. The Labute approximate surface area is 246 Å². The Balaban J connectivity index is 1.07. The summed E-state index contributed by atoms with van der Waals surface area (Å²) in [6, 6.07) is 32.3. The smallest absolute Gasteiger partial charge is 0.340 e. The quantitative estimate of drug-likeness (QED) is 0.189. The maximum atomic E-state index is 13.4. The van der Waals surface area contributed by atoms with Crippen LogP contribution < -0.4 is 24.0 Å². The second kappa shape index (κ2) is 11.5. The van der Waals surface area contributed by atoms with Crippen LogP contribution in [0.5, 0.6) is 17.2 Å². The molecule has 6 heteroatoms. The maximum Gasteiger partial charge on any atom is 0.340 e. The van der Waals surface area contributed by atoms with Crippen LogP contribution in [-0.4, -0.2) is 19.4 Å². The molecule has 2 heterocycles. The number of carbonyl (C=O) groups is 1. The Morgan fingerprint density at radius 3 is 2.02 bits per heavy atom. The maximum absolute atomic E-state index is 13.4. The predicted octanol–water partition coefficient (Wildman–Crippen LogP) is 7.01. The number of allylic oxidation sites excluding steroid dienone is 3. The van der Waals surface area contributed by atoms with Crippen LogP contribution in [-0.2, 0) is 24.3 Å². The molecule has 0 spiro atoms. The monoisotopic (exact) mass is 555 g/mol. The highest BCUT2D eigenvalue weighted by Crippen LogP contribution is 2.33. The van der Waals surface area contributed by atoms with Crippen molar-refractivity contribution in [3.8, 4) is 17.2 Å². The number of esters is 1. The third-order valence-electron chi connectivity index (χ3n) is 7.82. The van der Waals surface area contributed by atoms with Gasteiger partial charge in [-0.15, -0.1) is 0 Å². The molecule has 1 radical (unpaired) electrons. The number of benzene rings is 4. The zero-order chi connectivity index (χ0) is 28.3. The Bertz CT molecular complexity index is 1660. The van der Waals surface area contributed by atoms with E-state index in [1.165, 1.54) is 0 Å². The SMILES string of the molecule is O=C(Oc1ccc2c(c1)CN(c1ccccc1)CO2)C1=C(Cc2ccc3c(c2)CN(c2ccccc2)CO3)C=CC[CH]1. The fourth-order valence-corrected chi connectivity index (χ4v) is 5.67. The number of fused-ring (bicyclic) bond motifs is 2. The van der Waals surface area contributed by atoms with E-state index in [1.54, 1.807) is 6.07 Å². The summed E-state index contributed by atoms with van der Waals surface area (Å²) in [6.07, 6.45) is 7.40. The van der Waals surface area contributed by atoms with Gasteiger partial charge < -0.3 is 24.0 Å². The van der Waals surface area contributed by atoms with Crippen molar-refractivity contribution in [1.29, 1.82) is 0 Å². The fraction of sp³-hybridized carbons (Fsp3) is 0.167. The standard InChI is InChI=1S/C36H31N2O4/c39-36(42-32-16-18-35-29(21-32)23-38(25-41-35)31-12-5-2-6-13-31)33-14-8-7-9-27(33)19-26-15-17-34-28(20-26)22-37(24-40-34)30-10-3-1-4-11-30/h1-7,9-18,20-21H,8,19,22-25H2. The summed E-state index contributed by atoms with van der Waals surface area (Å²) >= 11 is 0. The van der Waals surface area contributed by atoms with E-state index in [4.69, 9.17) is 14.2 Å². The van der Waals surface area contributed by atoms with Crippen molar-refractivity contribution in [2.24, 2.45) is 0 Å². The average Bonchev–Trinajstić information content (AvgIpc) is 3.05. The lowest BCUT2D eigenvalue weighted by molar-refractivity contribution is -0.130. The van der Waals surface area contributed by atoms with Crippen molar-refractivity contribution in [3.05, 3.63) is 143 Å². The number of hydrogen-bond acceptors (Lipinski definition) is 6. The molecule has 4 aromatic rings. The summed E-state index contributed by atoms with van der Waals surface area (Å²) < 4.78 is 17.9. The Morgan fingerprint density at radius 1 is 0.738 bits per heavy atom. The molecule has 0 unspecified atom stereocenters. The molecule has 0 aromatic heterocycles. The van der Waals surface area contributed by atoms with Crippen molar-refractivity contribution in [2.45, 2.75) is 25.9 Å². The van der Waals surface area contributed by atoms with Crippen LogP contribution in [0.15, 0.2) is 120 Å². The summed E-state index contributed by atoms with van der Waals surface area (Å²) in [5.41, 5.74) is 7.02. The van der Waals surface area contributed by atoms with Gasteiger partial charge in [0.25, 0.3) is 0 Å². The van der Waals surface area contributed by atoms with Gasteiger partial charge in [-0.2, -0.15) is 0 Å². The van der Waals surface area contributed by atoms with Crippen molar-refractivity contribution < 1.29 is 19.0 Å². The zero-order valence-corrected chi connectivity index (χ0v) is 23.2. The number of hydrogen-bond donors (Lipinski definition) is 0. The first-order valence-corrected chi connectivity index (χ1v) is 14.2. The number of nitrogens with zero attached hydrogens (tertiary/aromatic N) is 2. The third-order valence-corrected chi connectivity index (χ3v) is 7.82. The zero-order valence-electron chi connectivity index (χ0n) is 23.2. The summed E-state index contributed by atoms with van der Waals surface area (Å²) in [5.74, 6) is 1.89. The van der Waals surface area contributed by atoms with Crippen molar-refractivity contribution in [2.75, 3.05) is 23.3 Å². The molecular weight excluding hydrogens is 524 g/mol. The lowest BCUT2D eigenvalue weighted by Crippen LogP contribution is -2.31. The number of carbonyl (C=O) groups excluding carboxylic acids is 1. The minimum absolute atomic E-state index is 0.345. The lowest BCUT2D eigenvalue weighted by Gasteiger charge is -2.31. The van der Waals surface area contributed by atoms with Crippen molar-refractivity contribution in [1.82, 2.24) is 0 Å². The lowest BCUT2D eigenvalue weighted by atomic mass is 9.92. The minimum Gasteiger partial charge on any atom is -0.473 e. The molecule has 7 rings (SSSR count). The third kappa shape index (κ3) is 5.48. The van der Waals surface area contributed by atoms with Crippen LogP contribution in [0.2, 0.25) is 0 Å². The van der Waals surface area contributed by atoms with Gasteiger partial charge in [-0.05, 0) is 78.6 Å². The van der Waals surface area contributed by atoms with E-state index in [2.05, 4.69) is 52.3 Å². The van der Waals surface area contributed by atoms with Gasteiger partial charge in [-0.1, -0.05) is 54.6 Å². The molecule has 3 aliphatic rings. The van der Waals surface area contributed by atoms with E-state index < -0.39 is 0 Å². The summed E-state index contributed by atoms with van der Waals surface area (Å²) in [4.78, 5) is 17.8. The number of para-hydroxylation sites is 2. The topological polar surface area (TPSA) is 51.2 Å². The molecule has 0 fully saturated rings. The molecular formula is C36H31N2O4. The molecule has 6 nitrogen and oxygen atoms in total. The molecule has 0 saturated carbocycles. The van der Waals surface area contributed by atoms with E-state index in [0.717, 1.165) is 51.7 Å². The van der Waals surface area contributed by atoms with Gasteiger partial charge in [0.05, 0.1) is 0 Å². The van der Waals surface area contributed by atoms with Gasteiger partial charge in [0.2, 0.25) is 0 Å². The van der Waals surface area contributed by atoms with Crippen molar-refractivity contribution in [3.63, 3.8) is 0 Å². The van der Waals surface area contributed by atoms with E-state index in [0.29, 0.717) is 44.2 Å². The molecule has 0 saturated heterocycles. The molecule has 0 atom stereocenters. The van der Waals surface area contributed by atoms with Crippen LogP contribution in [0, 0.1) is 6.42 Å². The molecule has 0 N–H and O–H groups in total. The van der Waals surface area contributed by atoms with Crippen LogP contribution in [0.4, 0.5) is 11.4 Å². The first-order valence-electron chi connectivity index (χ1n) is 14.2. The molecule has 209 valence electrons. The molecule has 0 bridgehead atoms. The van der Waals surface area contributed by atoms with Crippen LogP contribution in [0.1, 0.15) is 23.1 Å². The first kappa shape index (κ1) is 26.0. The fourth-order valence-electron chi connectivity index (χ4n) is 5.67. The highest BCUT2D eigenvalue weighted by molar-refractivity contribution is 5.94. The van der Waals surface area contributed by atoms with Gasteiger partial charge in [0.1, 0.15) is 17.2 Å². The number of ether oxygens (including phenoxy) is 3. The highest BCUT2D eigenvalue weighted by atomic mass is 16.5. The predicted molar refractivity (Wildman–Crippen MR) is 164 cm³/mol. The average molecular weight is 556 g/mol.